The van der Waals surface area contributed by atoms with Crippen LogP contribution in [0.4, 0.5) is 0 Å². The first-order valence-corrected chi connectivity index (χ1v) is 11.7. The highest BCUT2D eigenvalue weighted by molar-refractivity contribution is 7.15. The summed E-state index contributed by atoms with van der Waals surface area (Å²) in [4.78, 5) is 17.8. The number of primary amides is 1. The lowest BCUT2D eigenvalue weighted by Crippen LogP contribution is -2.17. The molecule has 3 aromatic heterocycles. The smallest absolute Gasteiger partial charge is 0.220 e. The standard InChI is InChI=1S/C24H20ClN7OS/c1-13-19(9-4-15-11-27-31(3)12-15)34-24-21(13)22(16-5-7-17(25)8-6-16)28-18(10-20(26)33)23-30-29-14(2)32(23)24/h5-8,11-12,18H,10H2,1-3H3,(H2,26,33)/t18-/m0/s1. The number of aryl methyl sites for hydroxylation is 2. The number of rotatable bonds is 3. The van der Waals surface area contributed by atoms with Crippen LogP contribution < -0.4 is 5.73 Å². The Bertz CT molecular complexity index is 1510. The van der Waals surface area contributed by atoms with Gasteiger partial charge < -0.3 is 5.73 Å². The third kappa shape index (κ3) is 3.91. The molecule has 1 aliphatic heterocycles. The molecule has 1 aromatic carbocycles. The number of aliphatic imine (C=N–C) groups is 1. The highest BCUT2D eigenvalue weighted by Crippen LogP contribution is 2.39. The molecule has 0 saturated heterocycles. The van der Waals surface area contributed by atoms with Crippen molar-refractivity contribution < 1.29 is 4.79 Å². The summed E-state index contributed by atoms with van der Waals surface area (Å²) in [5.74, 6) is 7.31. The van der Waals surface area contributed by atoms with E-state index < -0.39 is 11.9 Å². The van der Waals surface area contributed by atoms with Crippen LogP contribution in [0.25, 0.3) is 5.00 Å². The molecule has 170 valence electrons. The van der Waals surface area contributed by atoms with E-state index >= 15 is 0 Å². The highest BCUT2D eigenvalue weighted by Gasteiger charge is 2.32. The number of thiophene rings is 1. The Balaban J connectivity index is 1.75. The molecule has 10 heteroatoms. The zero-order valence-corrected chi connectivity index (χ0v) is 20.3. The topological polar surface area (TPSA) is 104 Å². The lowest BCUT2D eigenvalue weighted by molar-refractivity contribution is -0.118. The normalized spacial score (nSPS) is 14.5. The number of nitrogens with zero attached hydrogens (tertiary/aromatic N) is 6. The molecule has 2 N–H and O–H groups in total. The first kappa shape index (κ1) is 22.1. The van der Waals surface area contributed by atoms with Gasteiger partial charge >= 0.3 is 0 Å². The molecule has 5 rings (SSSR count). The van der Waals surface area contributed by atoms with Crippen molar-refractivity contribution in [2.45, 2.75) is 26.3 Å². The first-order valence-electron chi connectivity index (χ1n) is 10.5. The van der Waals surface area contributed by atoms with Crippen LogP contribution in [0.2, 0.25) is 5.02 Å². The number of aromatic nitrogens is 5. The van der Waals surface area contributed by atoms with Gasteiger partial charge in [-0.05, 0) is 31.5 Å². The van der Waals surface area contributed by atoms with E-state index in [1.54, 1.807) is 22.2 Å². The second-order valence-corrected chi connectivity index (χ2v) is 9.44. The molecule has 0 bridgehead atoms. The maximum absolute atomic E-state index is 11.9. The summed E-state index contributed by atoms with van der Waals surface area (Å²) >= 11 is 7.69. The van der Waals surface area contributed by atoms with Gasteiger partial charge in [0.15, 0.2) is 5.82 Å². The summed E-state index contributed by atoms with van der Waals surface area (Å²) < 4.78 is 3.68. The van der Waals surface area contributed by atoms with Crippen molar-refractivity contribution in [3.8, 4) is 16.8 Å². The van der Waals surface area contributed by atoms with Crippen LogP contribution in [-0.4, -0.2) is 36.2 Å². The Labute approximate surface area is 205 Å². The van der Waals surface area contributed by atoms with Gasteiger partial charge in [0.1, 0.15) is 16.9 Å². The van der Waals surface area contributed by atoms with Crippen LogP contribution in [0, 0.1) is 25.7 Å². The van der Waals surface area contributed by atoms with Crippen LogP contribution in [0.5, 0.6) is 0 Å². The quantitative estimate of drug-likeness (QED) is 0.445. The third-order valence-corrected chi connectivity index (χ3v) is 6.98. The minimum Gasteiger partial charge on any atom is -0.370 e. The Morgan fingerprint density at radius 1 is 1.21 bits per heavy atom. The van der Waals surface area contributed by atoms with Crippen molar-refractivity contribution in [3.63, 3.8) is 0 Å². The minimum absolute atomic E-state index is 0.0247. The number of halogens is 1. The molecule has 0 saturated carbocycles. The van der Waals surface area contributed by atoms with Gasteiger partial charge in [-0.25, -0.2) is 0 Å². The van der Waals surface area contributed by atoms with E-state index in [0.29, 0.717) is 16.7 Å². The number of amides is 1. The third-order valence-electron chi connectivity index (χ3n) is 5.54. The Kier molecular flexibility index (Phi) is 5.55. The SMILES string of the molecule is Cc1c(C#Cc2cnn(C)c2)sc2c1C(c1ccc(Cl)cc1)=N[C@@H](CC(N)=O)c1nnc(C)n1-2. The molecule has 8 nitrogen and oxygen atoms in total. The van der Waals surface area contributed by atoms with Gasteiger partial charge in [-0.3, -0.25) is 19.0 Å². The monoisotopic (exact) mass is 489 g/mol. The fourth-order valence-corrected chi connectivity index (χ4v) is 5.29. The molecule has 1 aliphatic rings. The molecule has 0 fully saturated rings. The molecular formula is C24H20ClN7OS. The highest BCUT2D eigenvalue weighted by atomic mass is 35.5. The number of fused-ring (bicyclic) bond motifs is 3. The van der Waals surface area contributed by atoms with Gasteiger partial charge in [-0.15, -0.1) is 21.5 Å². The molecule has 4 aromatic rings. The van der Waals surface area contributed by atoms with E-state index in [-0.39, 0.29) is 6.42 Å². The number of carbonyl (C=O) groups is 1. The van der Waals surface area contributed by atoms with Gasteiger partial charge in [0.2, 0.25) is 5.91 Å². The fourth-order valence-electron chi connectivity index (χ4n) is 3.95. The predicted octanol–water partition coefficient (Wildman–Crippen LogP) is 3.50. The van der Waals surface area contributed by atoms with Gasteiger partial charge in [0.05, 0.1) is 28.8 Å². The fraction of sp³-hybridized carbons (Fsp3) is 0.208. The van der Waals surface area contributed by atoms with Gasteiger partial charge in [0, 0.05) is 29.4 Å². The Hall–Kier alpha value is -3.74. The first-order chi connectivity index (χ1) is 16.3. The Morgan fingerprint density at radius 2 is 1.97 bits per heavy atom. The average molecular weight is 490 g/mol. The second kappa shape index (κ2) is 8.56. The van der Waals surface area contributed by atoms with E-state index in [1.807, 2.05) is 55.9 Å². The Morgan fingerprint density at radius 3 is 2.65 bits per heavy atom. The van der Waals surface area contributed by atoms with Crippen LogP contribution in [0.3, 0.4) is 0 Å². The van der Waals surface area contributed by atoms with Crippen molar-refractivity contribution in [3.05, 3.63) is 80.5 Å². The average Bonchev–Trinajstić information content (AvgIpc) is 3.45. The zero-order chi connectivity index (χ0) is 24.0. The molecule has 0 radical (unpaired) electrons. The molecule has 1 amide bonds. The maximum atomic E-state index is 11.9. The lowest BCUT2D eigenvalue weighted by Gasteiger charge is -2.11. The largest absolute Gasteiger partial charge is 0.370 e. The van der Waals surface area contributed by atoms with Crippen molar-refractivity contribution in [2.24, 2.45) is 17.8 Å². The van der Waals surface area contributed by atoms with Gasteiger partial charge in [-0.2, -0.15) is 5.10 Å². The molecule has 0 unspecified atom stereocenters. The van der Waals surface area contributed by atoms with Gasteiger partial charge in [0.25, 0.3) is 0 Å². The molecule has 4 heterocycles. The predicted molar refractivity (Wildman–Crippen MR) is 132 cm³/mol. The van der Waals surface area contributed by atoms with E-state index in [2.05, 4.69) is 27.1 Å². The maximum Gasteiger partial charge on any atom is 0.220 e. The number of nitrogens with two attached hydrogens (primary N) is 1. The number of carbonyl (C=O) groups excluding carboxylic acids is 1. The van der Waals surface area contributed by atoms with Crippen LogP contribution in [0.15, 0.2) is 41.7 Å². The van der Waals surface area contributed by atoms with Crippen molar-refractivity contribution in [2.75, 3.05) is 0 Å². The number of hydrogen-bond acceptors (Lipinski definition) is 6. The lowest BCUT2D eigenvalue weighted by atomic mass is 9.99. The van der Waals surface area contributed by atoms with Crippen molar-refractivity contribution >= 4 is 34.6 Å². The second-order valence-electron chi connectivity index (χ2n) is 8.00. The summed E-state index contributed by atoms with van der Waals surface area (Å²) in [6.07, 6.45) is 3.63. The number of benzene rings is 1. The van der Waals surface area contributed by atoms with Crippen molar-refractivity contribution in [1.29, 1.82) is 0 Å². The molecule has 34 heavy (non-hydrogen) atoms. The van der Waals surface area contributed by atoms with E-state index in [0.717, 1.165) is 37.8 Å². The van der Waals surface area contributed by atoms with E-state index in [1.165, 1.54) is 0 Å². The molecule has 0 aliphatic carbocycles. The number of hydrogen-bond donors (Lipinski definition) is 1. The summed E-state index contributed by atoms with van der Waals surface area (Å²) in [5.41, 5.74) is 9.94. The summed E-state index contributed by atoms with van der Waals surface area (Å²) in [6, 6.07) is 6.92. The van der Waals surface area contributed by atoms with Crippen LogP contribution in [0.1, 0.15) is 51.2 Å². The molecule has 0 spiro atoms. The summed E-state index contributed by atoms with van der Waals surface area (Å²) in [5, 5.41) is 14.4. The van der Waals surface area contributed by atoms with Gasteiger partial charge in [-0.1, -0.05) is 35.6 Å². The van der Waals surface area contributed by atoms with Crippen LogP contribution in [-0.2, 0) is 11.8 Å². The van der Waals surface area contributed by atoms with E-state index in [4.69, 9.17) is 22.3 Å². The van der Waals surface area contributed by atoms with Crippen molar-refractivity contribution in [1.82, 2.24) is 24.5 Å². The van der Waals surface area contributed by atoms with E-state index in [9.17, 15) is 4.79 Å². The van der Waals surface area contributed by atoms with Crippen LogP contribution >= 0.6 is 22.9 Å². The summed E-state index contributed by atoms with van der Waals surface area (Å²) in [7, 11) is 1.86. The molecule has 1 atom stereocenters. The summed E-state index contributed by atoms with van der Waals surface area (Å²) in [6.45, 7) is 3.91. The minimum atomic E-state index is -0.562. The molecular weight excluding hydrogens is 470 g/mol. The zero-order valence-electron chi connectivity index (χ0n) is 18.7.